The minimum atomic E-state index is -3.23. The summed E-state index contributed by atoms with van der Waals surface area (Å²) in [5, 5.41) is 4.30. The Morgan fingerprint density at radius 2 is 1.52 bits per heavy atom. The van der Waals surface area contributed by atoms with E-state index in [0.717, 1.165) is 0 Å². The summed E-state index contributed by atoms with van der Waals surface area (Å²) in [7, 11) is -3.23. The highest BCUT2D eigenvalue weighted by molar-refractivity contribution is 7.77. The Labute approximate surface area is 149 Å². The van der Waals surface area contributed by atoms with Crippen molar-refractivity contribution in [3.05, 3.63) is 72.4 Å². The third-order valence-corrected chi connectivity index (χ3v) is 6.12. The van der Waals surface area contributed by atoms with Gasteiger partial charge in [-0.3, -0.25) is 4.57 Å². The first-order chi connectivity index (χ1) is 12.0. The normalized spacial score (nSPS) is 12.1. The van der Waals surface area contributed by atoms with Crippen LogP contribution in [0, 0.1) is 5.92 Å². The molecule has 0 aliphatic heterocycles. The van der Waals surface area contributed by atoms with E-state index in [9.17, 15) is 9.36 Å². The maximum Gasteiger partial charge on any atom is 0.354 e. The van der Waals surface area contributed by atoms with Gasteiger partial charge in [0.2, 0.25) is 7.29 Å². The van der Waals surface area contributed by atoms with Crippen molar-refractivity contribution < 1.29 is 14.1 Å². The molecule has 25 heavy (non-hydrogen) atoms. The molecule has 0 aliphatic rings. The predicted octanol–water partition coefficient (Wildman–Crippen LogP) is 3.61. The first kappa shape index (κ1) is 19.0. The van der Waals surface area contributed by atoms with Gasteiger partial charge in [0.25, 0.3) is 0 Å². The van der Waals surface area contributed by atoms with Crippen LogP contribution in [0.1, 0.15) is 20.8 Å². The predicted molar refractivity (Wildman–Crippen MR) is 102 cm³/mol. The van der Waals surface area contributed by atoms with Gasteiger partial charge in [-0.05, 0) is 37.1 Å². The fraction of sp³-hybridized carbons (Fsp3) is 0.250. The molecule has 5 heteroatoms. The second-order valence-electron chi connectivity index (χ2n) is 5.94. The number of hydrogen-bond donors (Lipinski definition) is 1. The average molecular weight is 357 g/mol. The summed E-state index contributed by atoms with van der Waals surface area (Å²) in [4.78, 5) is 12.3. The van der Waals surface area contributed by atoms with Gasteiger partial charge in [-0.2, -0.15) is 0 Å². The second kappa shape index (κ2) is 8.68. The van der Waals surface area contributed by atoms with Gasteiger partial charge in [-0.25, -0.2) is 4.79 Å². The number of rotatable bonds is 7. The number of ether oxygens (including phenoxy) is 1. The molecule has 0 heterocycles. The molecule has 132 valence electrons. The van der Waals surface area contributed by atoms with Crippen LogP contribution in [0.5, 0.6) is 0 Å². The molecule has 0 radical (unpaired) electrons. The molecule has 0 spiro atoms. The highest BCUT2D eigenvalue weighted by Crippen LogP contribution is 2.40. The summed E-state index contributed by atoms with van der Waals surface area (Å²) in [5.74, 6) is -0.393. The van der Waals surface area contributed by atoms with Crippen molar-refractivity contribution in [1.82, 2.24) is 5.09 Å². The lowest BCUT2D eigenvalue weighted by molar-refractivity contribution is -0.138. The summed E-state index contributed by atoms with van der Waals surface area (Å²) in [6, 6.07) is 18.3. The van der Waals surface area contributed by atoms with Crippen molar-refractivity contribution in [3.63, 3.8) is 0 Å². The lowest BCUT2D eigenvalue weighted by Crippen LogP contribution is -2.31. The summed E-state index contributed by atoms with van der Waals surface area (Å²) < 4.78 is 19.1. The zero-order valence-corrected chi connectivity index (χ0v) is 15.7. The van der Waals surface area contributed by atoms with E-state index in [1.54, 1.807) is 37.3 Å². The van der Waals surface area contributed by atoms with E-state index in [1.807, 2.05) is 50.2 Å². The lowest BCUT2D eigenvalue weighted by atomic mass is 10.2. The van der Waals surface area contributed by atoms with Crippen LogP contribution in [0.2, 0.25) is 0 Å². The van der Waals surface area contributed by atoms with Crippen LogP contribution >= 0.6 is 7.29 Å². The van der Waals surface area contributed by atoms with Crippen molar-refractivity contribution in [2.24, 2.45) is 5.92 Å². The van der Waals surface area contributed by atoms with E-state index < -0.39 is 13.3 Å². The zero-order chi connectivity index (χ0) is 18.3. The molecule has 2 aromatic carbocycles. The molecule has 0 atom stereocenters. The third-order valence-electron chi connectivity index (χ3n) is 3.51. The quantitative estimate of drug-likeness (QED) is 0.467. The van der Waals surface area contributed by atoms with Crippen LogP contribution < -0.4 is 15.7 Å². The fourth-order valence-electron chi connectivity index (χ4n) is 2.42. The molecule has 0 amide bonds. The van der Waals surface area contributed by atoms with Gasteiger partial charge in [0.15, 0.2) is 0 Å². The summed E-state index contributed by atoms with van der Waals surface area (Å²) in [6.07, 6.45) is 1.75. The van der Waals surface area contributed by atoms with Crippen molar-refractivity contribution in [3.8, 4) is 0 Å². The number of nitrogens with one attached hydrogen (secondary N) is 1. The van der Waals surface area contributed by atoms with Crippen LogP contribution in [0.4, 0.5) is 0 Å². The molecule has 2 rings (SSSR count). The molecule has 2 aromatic rings. The highest BCUT2D eigenvalue weighted by Gasteiger charge is 2.30. The maximum atomic E-state index is 14.0. The van der Waals surface area contributed by atoms with Gasteiger partial charge in [0, 0.05) is 10.6 Å². The summed E-state index contributed by atoms with van der Waals surface area (Å²) in [5.41, 5.74) is 0.230. The van der Waals surface area contributed by atoms with Crippen molar-refractivity contribution in [2.75, 3.05) is 6.61 Å². The van der Waals surface area contributed by atoms with Crippen molar-refractivity contribution in [2.45, 2.75) is 20.8 Å². The molecule has 4 nitrogen and oxygen atoms in total. The lowest BCUT2D eigenvalue weighted by Gasteiger charge is -2.23. The van der Waals surface area contributed by atoms with Crippen molar-refractivity contribution in [1.29, 1.82) is 0 Å². The average Bonchev–Trinajstić information content (AvgIpc) is 2.62. The van der Waals surface area contributed by atoms with Crippen LogP contribution in [-0.4, -0.2) is 12.6 Å². The monoisotopic (exact) mass is 357 g/mol. The molecular weight excluding hydrogens is 333 g/mol. The van der Waals surface area contributed by atoms with Crippen LogP contribution in [0.25, 0.3) is 0 Å². The Balaban J connectivity index is 2.53. The number of carbonyl (C=O) groups is 1. The van der Waals surface area contributed by atoms with E-state index in [0.29, 0.717) is 10.6 Å². The molecule has 0 fully saturated rings. The Morgan fingerprint density at radius 1 is 1.04 bits per heavy atom. The van der Waals surface area contributed by atoms with Crippen LogP contribution in [0.3, 0.4) is 0 Å². The van der Waals surface area contributed by atoms with Gasteiger partial charge in [0.05, 0.1) is 6.61 Å². The molecule has 0 saturated carbocycles. The van der Waals surface area contributed by atoms with Gasteiger partial charge in [-0.15, -0.1) is 0 Å². The maximum absolute atomic E-state index is 14.0. The van der Waals surface area contributed by atoms with Gasteiger partial charge in [0.1, 0.15) is 5.70 Å². The van der Waals surface area contributed by atoms with E-state index in [1.165, 1.54) is 0 Å². The van der Waals surface area contributed by atoms with E-state index in [4.69, 9.17) is 4.74 Å². The third kappa shape index (κ3) is 4.83. The number of carbonyl (C=O) groups excluding carboxylic acids is 1. The Bertz CT molecular complexity index is 727. The van der Waals surface area contributed by atoms with Gasteiger partial charge < -0.3 is 9.82 Å². The second-order valence-corrected chi connectivity index (χ2v) is 8.41. The van der Waals surface area contributed by atoms with Gasteiger partial charge in [-0.1, -0.05) is 56.3 Å². The van der Waals surface area contributed by atoms with E-state index >= 15 is 0 Å². The number of allylic oxidation sites excluding steroid dienone is 1. The van der Waals surface area contributed by atoms with E-state index in [2.05, 4.69) is 5.09 Å². The van der Waals surface area contributed by atoms with Crippen LogP contribution in [0.15, 0.2) is 72.4 Å². The number of benzene rings is 2. The Morgan fingerprint density at radius 3 is 1.92 bits per heavy atom. The molecule has 0 saturated heterocycles. The topological polar surface area (TPSA) is 55.4 Å². The summed E-state index contributed by atoms with van der Waals surface area (Å²) in [6.45, 7) is 5.92. The smallest absolute Gasteiger partial charge is 0.354 e. The molecule has 0 unspecified atom stereocenters. The first-order valence-electron chi connectivity index (χ1n) is 8.36. The Kier molecular flexibility index (Phi) is 6.60. The highest BCUT2D eigenvalue weighted by atomic mass is 31.2. The standard InChI is InChI=1S/C20H24NO3P/c1-4-24-20(22)19(15-16(2)3)21-25(23,17-11-7-5-8-12-17)18-13-9-6-10-14-18/h5-16H,4H2,1-3H3,(H,21,23)/b19-15+. The SMILES string of the molecule is CCOC(=O)/C(=C\C(C)C)NP(=O)(c1ccccc1)c1ccccc1. The Hall–Kier alpha value is -2.32. The number of esters is 1. The van der Waals surface area contributed by atoms with Crippen molar-refractivity contribution >= 4 is 23.9 Å². The minimum Gasteiger partial charge on any atom is -0.461 e. The molecule has 0 aliphatic carbocycles. The molecular formula is C20H24NO3P. The fourth-order valence-corrected chi connectivity index (χ4v) is 4.66. The van der Waals surface area contributed by atoms with Gasteiger partial charge >= 0.3 is 5.97 Å². The minimum absolute atomic E-state index is 0.104. The van der Waals surface area contributed by atoms with E-state index in [-0.39, 0.29) is 18.2 Å². The van der Waals surface area contributed by atoms with Crippen LogP contribution in [-0.2, 0) is 14.1 Å². The molecule has 0 bridgehead atoms. The first-order valence-corrected chi connectivity index (χ1v) is 10.1. The number of hydrogen-bond acceptors (Lipinski definition) is 3. The molecule has 0 aromatic heterocycles. The molecule has 1 N–H and O–H groups in total. The zero-order valence-electron chi connectivity index (χ0n) is 14.8. The largest absolute Gasteiger partial charge is 0.461 e. The summed E-state index contributed by atoms with van der Waals surface area (Å²) >= 11 is 0.